The zero-order chi connectivity index (χ0) is 27.0. The summed E-state index contributed by atoms with van der Waals surface area (Å²) in [6.45, 7) is 3.88. The molecular formula is C27H28N6O4S. The molecule has 0 atom stereocenters. The van der Waals surface area contributed by atoms with E-state index in [2.05, 4.69) is 15.3 Å². The minimum Gasteiger partial charge on any atom is -0.489 e. The summed E-state index contributed by atoms with van der Waals surface area (Å²) in [4.78, 5) is 40.4. The maximum Gasteiger partial charge on any atom is 0.259 e. The van der Waals surface area contributed by atoms with Crippen molar-refractivity contribution < 1.29 is 19.1 Å². The van der Waals surface area contributed by atoms with Crippen molar-refractivity contribution in [3.8, 4) is 22.8 Å². The fourth-order valence-electron chi connectivity index (χ4n) is 4.55. The molecule has 10 nitrogen and oxygen atoms in total. The molecule has 0 aliphatic carbocycles. The van der Waals surface area contributed by atoms with Gasteiger partial charge in [-0.2, -0.15) is 0 Å². The Hall–Kier alpha value is -4.25. The molecule has 1 aliphatic rings. The first-order valence-electron chi connectivity index (χ1n) is 12.2. The van der Waals surface area contributed by atoms with Crippen LogP contribution in [0.2, 0.25) is 0 Å². The van der Waals surface area contributed by atoms with E-state index < -0.39 is 5.91 Å². The largest absolute Gasteiger partial charge is 0.489 e. The summed E-state index contributed by atoms with van der Waals surface area (Å²) in [7, 11) is 3.31. The predicted molar refractivity (Wildman–Crippen MR) is 148 cm³/mol. The van der Waals surface area contributed by atoms with Gasteiger partial charge in [0, 0.05) is 36.9 Å². The third-order valence-electron chi connectivity index (χ3n) is 6.25. The molecule has 0 bridgehead atoms. The molecule has 11 heteroatoms. The van der Waals surface area contributed by atoms with Gasteiger partial charge >= 0.3 is 0 Å². The maximum atomic E-state index is 12.5. The number of pyridine rings is 1. The Kier molecular flexibility index (Phi) is 6.85. The molecule has 0 spiro atoms. The molecule has 1 aliphatic heterocycles. The second kappa shape index (κ2) is 10.3. The van der Waals surface area contributed by atoms with Gasteiger partial charge < -0.3 is 25.4 Å². The summed E-state index contributed by atoms with van der Waals surface area (Å²) in [5.41, 5.74) is 10.0. The monoisotopic (exact) mass is 532 g/mol. The van der Waals surface area contributed by atoms with Gasteiger partial charge in [0.15, 0.2) is 0 Å². The molecule has 0 unspecified atom stereocenters. The van der Waals surface area contributed by atoms with Crippen molar-refractivity contribution in [1.29, 1.82) is 0 Å². The molecule has 2 amide bonds. The van der Waals surface area contributed by atoms with Gasteiger partial charge in [0.25, 0.3) is 5.91 Å². The minimum absolute atomic E-state index is 0.0785. The number of amides is 2. The summed E-state index contributed by atoms with van der Waals surface area (Å²) >= 11 is 1.22. The van der Waals surface area contributed by atoms with Crippen LogP contribution in [0.3, 0.4) is 0 Å². The Morgan fingerprint density at radius 3 is 2.79 bits per heavy atom. The van der Waals surface area contributed by atoms with E-state index in [1.807, 2.05) is 32.0 Å². The van der Waals surface area contributed by atoms with Gasteiger partial charge in [0.05, 0.1) is 41.0 Å². The van der Waals surface area contributed by atoms with Crippen LogP contribution in [0.1, 0.15) is 41.9 Å². The molecular weight excluding hydrogens is 504 g/mol. The first kappa shape index (κ1) is 25.4. The number of carbonyl (C=O) groups excluding carboxylic acids is 2. The van der Waals surface area contributed by atoms with Crippen molar-refractivity contribution in [3.63, 3.8) is 0 Å². The smallest absolute Gasteiger partial charge is 0.259 e. The van der Waals surface area contributed by atoms with Gasteiger partial charge in [-0.25, -0.2) is 15.0 Å². The molecule has 0 saturated heterocycles. The SMILES string of the molecule is COc1ncccc1-c1c(C(N)=O)sc2cnc(Nc3cc4c(cc3OC(C)C)N(C)C(=O)CCC4)nc12. The predicted octanol–water partition coefficient (Wildman–Crippen LogP) is 4.69. The number of anilines is 3. The number of nitrogens with zero attached hydrogens (tertiary/aromatic N) is 4. The van der Waals surface area contributed by atoms with E-state index in [0.717, 1.165) is 24.1 Å². The zero-order valence-corrected chi connectivity index (χ0v) is 22.4. The number of aromatic nitrogens is 3. The normalized spacial score (nSPS) is 13.4. The van der Waals surface area contributed by atoms with Crippen LogP contribution >= 0.6 is 11.3 Å². The topological polar surface area (TPSA) is 133 Å². The summed E-state index contributed by atoms with van der Waals surface area (Å²) in [6.07, 6.45) is 5.20. The summed E-state index contributed by atoms with van der Waals surface area (Å²) in [6, 6.07) is 7.46. The van der Waals surface area contributed by atoms with Crippen LogP contribution in [0.25, 0.3) is 21.3 Å². The first-order valence-corrected chi connectivity index (χ1v) is 13.0. The molecule has 0 fully saturated rings. The number of hydrogen-bond acceptors (Lipinski definition) is 9. The molecule has 38 heavy (non-hydrogen) atoms. The van der Waals surface area contributed by atoms with E-state index in [0.29, 0.717) is 55.9 Å². The average molecular weight is 533 g/mol. The number of thiophene rings is 1. The van der Waals surface area contributed by atoms with E-state index in [9.17, 15) is 9.59 Å². The molecule has 0 saturated carbocycles. The maximum absolute atomic E-state index is 12.5. The van der Waals surface area contributed by atoms with Crippen molar-refractivity contribution in [2.75, 3.05) is 24.4 Å². The molecule has 0 radical (unpaired) electrons. The standard InChI is InChI=1S/C27H28N6O4S/c1-14(2)37-19-12-18-15(7-5-9-21(34)33(18)3)11-17(19)31-27-30-13-20-23(32-27)22(24(38-20)25(28)35)16-8-6-10-29-26(16)36-4/h6,8,10-14H,5,7,9H2,1-4H3,(H2,28,35)(H,30,31,32). The summed E-state index contributed by atoms with van der Waals surface area (Å²) < 4.78 is 12.3. The van der Waals surface area contributed by atoms with Crippen molar-refractivity contribution >= 4 is 50.7 Å². The number of methoxy groups -OCH3 is 1. The Balaban J connectivity index is 1.63. The Labute approximate surface area is 223 Å². The highest BCUT2D eigenvalue weighted by atomic mass is 32.1. The van der Waals surface area contributed by atoms with Gasteiger partial charge in [0.2, 0.25) is 17.7 Å². The number of ether oxygens (including phenoxy) is 2. The quantitative estimate of drug-likeness (QED) is 0.350. The zero-order valence-electron chi connectivity index (χ0n) is 21.6. The molecule has 4 aromatic rings. The number of carbonyl (C=O) groups is 2. The molecule has 4 heterocycles. The number of fused-ring (bicyclic) bond motifs is 2. The fraction of sp³-hybridized carbons (Fsp3) is 0.296. The number of rotatable bonds is 7. The van der Waals surface area contributed by atoms with Gasteiger partial charge in [0.1, 0.15) is 10.6 Å². The van der Waals surface area contributed by atoms with Crippen LogP contribution in [0.15, 0.2) is 36.7 Å². The lowest BCUT2D eigenvalue weighted by Gasteiger charge is -2.22. The van der Waals surface area contributed by atoms with E-state index in [1.165, 1.54) is 18.4 Å². The minimum atomic E-state index is -0.569. The van der Waals surface area contributed by atoms with Gasteiger partial charge in [-0.3, -0.25) is 9.59 Å². The Bertz CT molecular complexity index is 1550. The second-order valence-electron chi connectivity index (χ2n) is 9.21. The number of primary amides is 1. The second-order valence-corrected chi connectivity index (χ2v) is 10.3. The van der Waals surface area contributed by atoms with Crippen molar-refractivity contribution in [1.82, 2.24) is 15.0 Å². The molecule has 1 aromatic carbocycles. The van der Waals surface area contributed by atoms with Crippen LogP contribution in [-0.4, -0.2) is 47.0 Å². The number of nitrogens with one attached hydrogen (secondary N) is 1. The molecule has 3 aromatic heterocycles. The number of benzene rings is 1. The van der Waals surface area contributed by atoms with E-state index in [4.69, 9.17) is 20.2 Å². The number of nitrogens with two attached hydrogens (primary N) is 1. The third-order valence-corrected chi connectivity index (χ3v) is 7.38. The molecule has 196 valence electrons. The molecule has 3 N–H and O–H groups in total. The van der Waals surface area contributed by atoms with E-state index >= 15 is 0 Å². The lowest BCUT2D eigenvalue weighted by molar-refractivity contribution is -0.118. The highest BCUT2D eigenvalue weighted by molar-refractivity contribution is 7.21. The van der Waals surface area contributed by atoms with Gasteiger partial charge in [-0.15, -0.1) is 11.3 Å². The average Bonchev–Trinajstić information content (AvgIpc) is 3.21. The van der Waals surface area contributed by atoms with Crippen LogP contribution < -0.4 is 25.4 Å². The number of hydrogen-bond donors (Lipinski definition) is 2. The van der Waals surface area contributed by atoms with E-state index in [1.54, 1.807) is 30.4 Å². The Morgan fingerprint density at radius 1 is 1.24 bits per heavy atom. The summed E-state index contributed by atoms with van der Waals surface area (Å²) in [5.74, 6) is 0.776. The lowest BCUT2D eigenvalue weighted by Crippen LogP contribution is -2.25. The summed E-state index contributed by atoms with van der Waals surface area (Å²) in [5, 5.41) is 3.30. The van der Waals surface area contributed by atoms with Crippen LogP contribution in [0, 0.1) is 0 Å². The lowest BCUT2D eigenvalue weighted by atomic mass is 10.1. The van der Waals surface area contributed by atoms with Crippen LogP contribution in [0.5, 0.6) is 11.6 Å². The van der Waals surface area contributed by atoms with Gasteiger partial charge in [-0.1, -0.05) is 0 Å². The third kappa shape index (κ3) is 4.72. The van der Waals surface area contributed by atoms with E-state index in [-0.39, 0.29) is 12.0 Å². The highest BCUT2D eigenvalue weighted by Crippen LogP contribution is 2.42. The highest BCUT2D eigenvalue weighted by Gasteiger charge is 2.25. The number of aryl methyl sites for hydroxylation is 1. The van der Waals surface area contributed by atoms with Crippen molar-refractivity contribution in [3.05, 3.63) is 47.1 Å². The van der Waals surface area contributed by atoms with Crippen LogP contribution in [-0.2, 0) is 11.2 Å². The fourth-order valence-corrected chi connectivity index (χ4v) is 5.53. The van der Waals surface area contributed by atoms with Crippen molar-refractivity contribution in [2.45, 2.75) is 39.2 Å². The van der Waals surface area contributed by atoms with Gasteiger partial charge in [-0.05, 0) is 50.5 Å². The first-order chi connectivity index (χ1) is 18.3. The Morgan fingerprint density at radius 2 is 2.05 bits per heavy atom. The van der Waals surface area contributed by atoms with Crippen molar-refractivity contribution in [2.24, 2.45) is 5.73 Å². The molecule has 5 rings (SSSR count). The van der Waals surface area contributed by atoms with Crippen LogP contribution in [0.4, 0.5) is 17.3 Å².